The van der Waals surface area contributed by atoms with Gasteiger partial charge in [0.2, 0.25) is 0 Å². The zero-order chi connectivity index (χ0) is 23.6. The molecule has 0 spiro atoms. The fourth-order valence-electron chi connectivity index (χ4n) is 4.05. The number of carbonyl (C=O) groups excluding carboxylic acids is 1. The molecular weight excluding hydrogens is 464 g/mol. The van der Waals surface area contributed by atoms with Crippen molar-refractivity contribution in [2.75, 3.05) is 37.2 Å². The van der Waals surface area contributed by atoms with Gasteiger partial charge in [0.05, 0.1) is 44.8 Å². The molecule has 33 heavy (non-hydrogen) atoms. The van der Waals surface area contributed by atoms with Crippen LogP contribution in [-0.2, 0) is 21.1 Å². The van der Waals surface area contributed by atoms with Crippen LogP contribution in [0.2, 0.25) is 0 Å². The summed E-state index contributed by atoms with van der Waals surface area (Å²) in [5.74, 6) is 1.67. The molecule has 2 saturated heterocycles. The van der Waals surface area contributed by atoms with Crippen LogP contribution in [0.4, 0.5) is 5.69 Å². The Kier molecular flexibility index (Phi) is 6.85. The van der Waals surface area contributed by atoms with Crippen LogP contribution in [0.15, 0.2) is 47.5 Å². The summed E-state index contributed by atoms with van der Waals surface area (Å²) in [4.78, 5) is 19.1. The second-order valence-corrected chi connectivity index (χ2v) is 11.1. The number of sulfone groups is 1. The Balaban J connectivity index is 1.60. The standard InChI is InChI=1S/C23H26N2O6S2/c1-4-31-17-8-6-16(7-9-17)25-18-13-33(27,28)14-21(18)32-23(25)24-22(26)12-15-5-10-19(29-2)20(11-15)30-3/h5-11,18,21H,4,12-14H2,1-3H3/t18-,21+/m1/s1. The lowest BCUT2D eigenvalue weighted by Gasteiger charge is -2.24. The summed E-state index contributed by atoms with van der Waals surface area (Å²) in [5, 5.41) is 0.365. The lowest BCUT2D eigenvalue weighted by atomic mass is 10.1. The van der Waals surface area contributed by atoms with Crippen LogP contribution in [0.1, 0.15) is 12.5 Å². The minimum Gasteiger partial charge on any atom is -0.494 e. The van der Waals surface area contributed by atoms with Gasteiger partial charge in [-0.15, -0.1) is 0 Å². The van der Waals surface area contributed by atoms with Crippen LogP contribution in [0, 0.1) is 0 Å². The van der Waals surface area contributed by atoms with E-state index in [4.69, 9.17) is 14.2 Å². The third kappa shape index (κ3) is 5.11. The highest BCUT2D eigenvalue weighted by molar-refractivity contribution is 8.16. The molecule has 0 bridgehead atoms. The van der Waals surface area contributed by atoms with E-state index < -0.39 is 9.84 Å². The molecule has 2 aromatic rings. The van der Waals surface area contributed by atoms with Crippen molar-refractivity contribution in [2.45, 2.75) is 24.6 Å². The molecular formula is C23H26N2O6S2. The smallest absolute Gasteiger partial charge is 0.252 e. The van der Waals surface area contributed by atoms with E-state index in [1.165, 1.54) is 11.8 Å². The number of amides is 1. The number of amidine groups is 1. The minimum absolute atomic E-state index is 0.0424. The molecule has 2 aromatic carbocycles. The van der Waals surface area contributed by atoms with Crippen molar-refractivity contribution < 1.29 is 27.4 Å². The number of nitrogens with zero attached hydrogens (tertiary/aromatic N) is 2. The van der Waals surface area contributed by atoms with E-state index in [-0.39, 0.29) is 35.1 Å². The van der Waals surface area contributed by atoms with E-state index in [1.54, 1.807) is 32.4 Å². The maximum absolute atomic E-state index is 12.8. The first-order valence-electron chi connectivity index (χ1n) is 10.5. The first-order valence-corrected chi connectivity index (χ1v) is 13.2. The van der Waals surface area contributed by atoms with E-state index in [9.17, 15) is 13.2 Å². The third-order valence-corrected chi connectivity index (χ3v) is 8.73. The summed E-state index contributed by atoms with van der Waals surface area (Å²) >= 11 is 1.35. The van der Waals surface area contributed by atoms with Crippen molar-refractivity contribution in [1.29, 1.82) is 0 Å². The molecule has 0 saturated carbocycles. The highest BCUT2D eigenvalue weighted by atomic mass is 32.2. The number of rotatable bonds is 7. The van der Waals surface area contributed by atoms with Crippen molar-refractivity contribution in [2.24, 2.45) is 4.99 Å². The number of aliphatic imine (C=N–C) groups is 1. The van der Waals surface area contributed by atoms with Gasteiger partial charge in [0.15, 0.2) is 26.5 Å². The third-order valence-electron chi connectivity index (χ3n) is 5.52. The predicted molar refractivity (Wildman–Crippen MR) is 130 cm³/mol. The lowest BCUT2D eigenvalue weighted by Crippen LogP contribution is -2.37. The molecule has 2 atom stereocenters. The van der Waals surface area contributed by atoms with Crippen LogP contribution in [-0.4, -0.2) is 63.1 Å². The number of thioether (sulfide) groups is 1. The highest BCUT2D eigenvalue weighted by Crippen LogP contribution is 2.41. The van der Waals surface area contributed by atoms with E-state index >= 15 is 0 Å². The molecule has 8 nitrogen and oxygen atoms in total. The number of fused-ring (bicyclic) bond motifs is 1. The van der Waals surface area contributed by atoms with Crippen LogP contribution in [0.25, 0.3) is 0 Å². The van der Waals surface area contributed by atoms with Crippen molar-refractivity contribution in [1.82, 2.24) is 0 Å². The second kappa shape index (κ2) is 9.64. The summed E-state index contributed by atoms with van der Waals surface area (Å²) in [5.41, 5.74) is 1.54. The normalized spacial score (nSPS) is 22.3. The molecule has 4 rings (SSSR count). The minimum atomic E-state index is -3.13. The summed E-state index contributed by atoms with van der Waals surface area (Å²) in [6.07, 6.45) is 0.0924. The van der Waals surface area contributed by atoms with Gasteiger partial charge >= 0.3 is 0 Å². The van der Waals surface area contributed by atoms with Gasteiger partial charge in [0.25, 0.3) is 5.91 Å². The van der Waals surface area contributed by atoms with Gasteiger partial charge in [0, 0.05) is 10.9 Å². The van der Waals surface area contributed by atoms with Gasteiger partial charge in [-0.1, -0.05) is 17.8 Å². The Labute approximate surface area is 197 Å². The van der Waals surface area contributed by atoms with Crippen molar-refractivity contribution >= 4 is 38.4 Å². The quantitative estimate of drug-likeness (QED) is 0.585. The fourth-order valence-corrected chi connectivity index (χ4v) is 7.98. The summed E-state index contributed by atoms with van der Waals surface area (Å²) < 4.78 is 40.6. The average molecular weight is 491 g/mol. The van der Waals surface area contributed by atoms with Gasteiger partial charge in [-0.3, -0.25) is 4.79 Å². The number of anilines is 1. The molecule has 176 valence electrons. The maximum Gasteiger partial charge on any atom is 0.252 e. The van der Waals surface area contributed by atoms with Crippen LogP contribution >= 0.6 is 11.8 Å². The maximum atomic E-state index is 12.8. The molecule has 0 aliphatic carbocycles. The van der Waals surface area contributed by atoms with Crippen LogP contribution in [0.5, 0.6) is 17.2 Å². The van der Waals surface area contributed by atoms with Gasteiger partial charge in [-0.25, -0.2) is 8.42 Å². The highest BCUT2D eigenvalue weighted by Gasteiger charge is 2.49. The number of hydrogen-bond donors (Lipinski definition) is 0. The molecule has 0 unspecified atom stereocenters. The van der Waals surface area contributed by atoms with E-state index in [0.717, 1.165) is 17.0 Å². The van der Waals surface area contributed by atoms with Crippen LogP contribution in [0.3, 0.4) is 0 Å². The molecule has 2 fully saturated rings. The average Bonchev–Trinajstić information content (AvgIpc) is 3.25. The number of hydrogen-bond acceptors (Lipinski definition) is 7. The van der Waals surface area contributed by atoms with Crippen molar-refractivity contribution in [3.63, 3.8) is 0 Å². The summed E-state index contributed by atoms with van der Waals surface area (Å²) in [6, 6.07) is 12.5. The Morgan fingerprint density at radius 2 is 1.82 bits per heavy atom. The molecule has 2 aliphatic rings. The number of ether oxygens (including phenoxy) is 3. The fraction of sp³-hybridized carbons (Fsp3) is 0.391. The Bertz CT molecular complexity index is 1160. The predicted octanol–water partition coefficient (Wildman–Crippen LogP) is 2.95. The number of methoxy groups -OCH3 is 2. The monoisotopic (exact) mass is 490 g/mol. The molecule has 1 amide bonds. The largest absolute Gasteiger partial charge is 0.494 e. The molecule has 0 N–H and O–H groups in total. The summed E-state index contributed by atoms with van der Waals surface area (Å²) in [7, 11) is -0.0347. The van der Waals surface area contributed by atoms with Gasteiger partial charge in [0.1, 0.15) is 5.75 Å². The SMILES string of the molecule is CCOc1ccc(N2C(=NC(=O)Cc3ccc(OC)c(OC)c3)S[C@H]3CS(=O)(=O)C[C@H]32)cc1. The Hall–Kier alpha value is -2.72. The molecule has 2 heterocycles. The molecule has 10 heteroatoms. The summed E-state index contributed by atoms with van der Waals surface area (Å²) in [6.45, 7) is 2.47. The van der Waals surface area contributed by atoms with Gasteiger partial charge < -0.3 is 19.1 Å². The Morgan fingerprint density at radius 3 is 2.48 bits per heavy atom. The van der Waals surface area contributed by atoms with Crippen molar-refractivity contribution in [3.8, 4) is 17.2 Å². The van der Waals surface area contributed by atoms with Crippen molar-refractivity contribution in [3.05, 3.63) is 48.0 Å². The van der Waals surface area contributed by atoms with E-state index in [1.807, 2.05) is 36.1 Å². The molecule has 0 aromatic heterocycles. The first kappa shape index (κ1) is 23.4. The second-order valence-electron chi connectivity index (χ2n) is 7.75. The van der Waals surface area contributed by atoms with E-state index in [0.29, 0.717) is 23.3 Å². The topological polar surface area (TPSA) is 94.5 Å². The zero-order valence-corrected chi connectivity index (χ0v) is 20.3. The number of carbonyl (C=O) groups is 1. The molecule has 2 aliphatic heterocycles. The van der Waals surface area contributed by atoms with Gasteiger partial charge in [-0.05, 0) is 48.9 Å². The number of benzene rings is 2. The van der Waals surface area contributed by atoms with Gasteiger partial charge in [-0.2, -0.15) is 4.99 Å². The van der Waals surface area contributed by atoms with Crippen LogP contribution < -0.4 is 19.1 Å². The Morgan fingerprint density at radius 1 is 1.09 bits per heavy atom. The lowest BCUT2D eigenvalue weighted by molar-refractivity contribution is -0.117. The van der Waals surface area contributed by atoms with E-state index in [2.05, 4.69) is 4.99 Å². The first-order chi connectivity index (χ1) is 15.8. The molecule has 0 radical (unpaired) electrons. The zero-order valence-electron chi connectivity index (χ0n) is 18.7.